The predicted molar refractivity (Wildman–Crippen MR) is 97.7 cm³/mol. The van der Waals surface area contributed by atoms with E-state index in [0.717, 1.165) is 6.07 Å². The summed E-state index contributed by atoms with van der Waals surface area (Å²) < 4.78 is 26.8. The normalized spacial score (nSPS) is 19.1. The lowest BCUT2D eigenvalue weighted by molar-refractivity contribution is -0.117. The Kier molecular flexibility index (Phi) is 4.50. The van der Waals surface area contributed by atoms with Crippen molar-refractivity contribution in [1.82, 2.24) is 5.32 Å². The Morgan fingerprint density at radius 2 is 1.68 bits per heavy atom. The number of hydrogen-bond donors (Lipinski definition) is 1. The first-order valence-electron chi connectivity index (χ1n) is 8.81. The second-order valence-electron chi connectivity index (χ2n) is 6.84. The minimum atomic E-state index is -0.557. The van der Waals surface area contributed by atoms with Crippen LogP contribution in [0.4, 0.5) is 14.5 Å². The lowest BCUT2D eigenvalue weighted by atomic mass is 9.88. The van der Waals surface area contributed by atoms with Gasteiger partial charge in [-0.1, -0.05) is 12.1 Å². The molecule has 4 rings (SSSR count). The van der Waals surface area contributed by atoms with Gasteiger partial charge in [-0.05, 0) is 42.8 Å². The summed E-state index contributed by atoms with van der Waals surface area (Å²) in [4.78, 5) is 39.0. The molecule has 1 heterocycles. The maximum Gasteiger partial charge on any atom is 0.255 e. The zero-order valence-corrected chi connectivity index (χ0v) is 14.7. The van der Waals surface area contributed by atoms with Crippen molar-refractivity contribution in [2.75, 3.05) is 11.4 Å². The Morgan fingerprint density at radius 3 is 2.39 bits per heavy atom. The molecule has 2 aromatic carbocycles. The third kappa shape index (κ3) is 3.31. The van der Waals surface area contributed by atoms with Crippen LogP contribution >= 0.6 is 0 Å². The average Bonchev–Trinajstić information content (AvgIpc) is 2.99. The van der Waals surface area contributed by atoms with E-state index in [9.17, 15) is 23.2 Å². The molecule has 0 fully saturated rings. The third-order valence-electron chi connectivity index (χ3n) is 4.94. The highest BCUT2D eigenvalue weighted by molar-refractivity contribution is 6.17. The fourth-order valence-corrected chi connectivity index (χ4v) is 3.60. The summed E-state index contributed by atoms with van der Waals surface area (Å²) in [7, 11) is 0. The van der Waals surface area contributed by atoms with E-state index in [0.29, 0.717) is 16.8 Å². The fourth-order valence-electron chi connectivity index (χ4n) is 3.60. The maximum absolute atomic E-state index is 13.5. The summed E-state index contributed by atoms with van der Waals surface area (Å²) in [6.45, 7) is 0.0982. The van der Waals surface area contributed by atoms with E-state index >= 15 is 0 Å². The number of benzene rings is 2. The number of halogens is 2. The quantitative estimate of drug-likeness (QED) is 0.888. The van der Waals surface area contributed by atoms with E-state index in [1.807, 2.05) is 0 Å². The summed E-state index contributed by atoms with van der Waals surface area (Å²) >= 11 is 0. The van der Waals surface area contributed by atoms with Crippen LogP contribution in [0, 0.1) is 11.6 Å². The van der Waals surface area contributed by atoms with Gasteiger partial charge in [0.15, 0.2) is 5.78 Å². The van der Waals surface area contributed by atoms with Gasteiger partial charge in [-0.2, -0.15) is 0 Å². The Balaban J connectivity index is 1.51. The lowest BCUT2D eigenvalue weighted by Crippen LogP contribution is -2.39. The molecule has 1 atom stereocenters. The molecule has 2 aromatic rings. The molecule has 28 heavy (non-hydrogen) atoms. The minimum absolute atomic E-state index is 0.0597. The van der Waals surface area contributed by atoms with Gasteiger partial charge in [-0.25, -0.2) is 8.78 Å². The molecule has 5 nitrogen and oxygen atoms in total. The number of Topliss-reactive ketones (excluding diaryl/α,β-unsaturated/α-hetero) is 1. The molecule has 0 saturated carbocycles. The summed E-state index contributed by atoms with van der Waals surface area (Å²) in [6.07, 6.45) is 0.261. The van der Waals surface area contributed by atoms with Gasteiger partial charge in [-0.3, -0.25) is 14.4 Å². The Labute approximate surface area is 159 Å². The zero-order chi connectivity index (χ0) is 19.8. The topological polar surface area (TPSA) is 66.5 Å². The van der Waals surface area contributed by atoms with Crippen molar-refractivity contribution in [3.63, 3.8) is 0 Å². The van der Waals surface area contributed by atoms with Gasteiger partial charge >= 0.3 is 0 Å². The van der Waals surface area contributed by atoms with E-state index in [-0.39, 0.29) is 36.6 Å². The van der Waals surface area contributed by atoms with Crippen molar-refractivity contribution in [3.05, 3.63) is 76.9 Å². The van der Waals surface area contributed by atoms with Crippen molar-refractivity contribution < 1.29 is 23.2 Å². The SMILES string of the molecule is O=C1CC(NC(=O)c2cccc(F)c2)CC2=C1CN(c1cccc(F)c1)C2=O. The lowest BCUT2D eigenvalue weighted by Gasteiger charge is -2.22. The van der Waals surface area contributed by atoms with Crippen molar-refractivity contribution >= 4 is 23.3 Å². The average molecular weight is 382 g/mol. The van der Waals surface area contributed by atoms with E-state index in [4.69, 9.17) is 0 Å². The number of anilines is 1. The molecule has 2 amide bonds. The van der Waals surface area contributed by atoms with Crippen LogP contribution in [0.1, 0.15) is 23.2 Å². The third-order valence-corrected chi connectivity index (χ3v) is 4.94. The van der Waals surface area contributed by atoms with Crippen molar-refractivity contribution in [3.8, 4) is 0 Å². The summed E-state index contributed by atoms with van der Waals surface area (Å²) in [5.41, 5.74) is 1.27. The number of rotatable bonds is 3. The molecule has 0 bridgehead atoms. The smallest absolute Gasteiger partial charge is 0.255 e. The van der Waals surface area contributed by atoms with Crippen molar-refractivity contribution in [2.45, 2.75) is 18.9 Å². The van der Waals surface area contributed by atoms with Crippen LogP contribution in [-0.4, -0.2) is 30.2 Å². The summed E-state index contributed by atoms with van der Waals surface area (Å²) in [6, 6.07) is 10.3. The Bertz CT molecular complexity index is 1030. The predicted octanol–water partition coefficient (Wildman–Crippen LogP) is 2.77. The first-order valence-corrected chi connectivity index (χ1v) is 8.81. The number of nitrogens with one attached hydrogen (secondary N) is 1. The number of carbonyl (C=O) groups is 3. The minimum Gasteiger partial charge on any atom is -0.349 e. The van der Waals surface area contributed by atoms with Gasteiger partial charge in [-0.15, -0.1) is 0 Å². The molecule has 1 aliphatic heterocycles. The van der Waals surface area contributed by atoms with Crippen LogP contribution in [0.5, 0.6) is 0 Å². The van der Waals surface area contributed by atoms with E-state index in [1.165, 1.54) is 41.3 Å². The molecular weight excluding hydrogens is 366 g/mol. The van der Waals surface area contributed by atoms with Crippen LogP contribution in [0.2, 0.25) is 0 Å². The number of nitrogens with zero attached hydrogens (tertiary/aromatic N) is 1. The highest BCUT2D eigenvalue weighted by Gasteiger charge is 2.40. The first-order chi connectivity index (χ1) is 13.4. The molecule has 0 spiro atoms. The second kappa shape index (κ2) is 6.99. The monoisotopic (exact) mass is 382 g/mol. The van der Waals surface area contributed by atoms with Gasteiger partial charge in [0, 0.05) is 34.9 Å². The maximum atomic E-state index is 13.5. The molecule has 2 aliphatic rings. The number of amides is 2. The molecule has 1 N–H and O–H groups in total. The van der Waals surface area contributed by atoms with Crippen LogP contribution in [-0.2, 0) is 9.59 Å². The fraction of sp³-hybridized carbons (Fsp3) is 0.190. The van der Waals surface area contributed by atoms with Crippen molar-refractivity contribution in [1.29, 1.82) is 0 Å². The number of hydrogen-bond acceptors (Lipinski definition) is 3. The molecule has 0 saturated heterocycles. The summed E-state index contributed by atoms with van der Waals surface area (Å²) in [5, 5.41) is 2.70. The van der Waals surface area contributed by atoms with Gasteiger partial charge in [0.25, 0.3) is 11.8 Å². The number of ketones is 1. The summed E-state index contributed by atoms with van der Waals surface area (Å²) in [5.74, 6) is -2.10. The molecule has 0 radical (unpaired) electrons. The Morgan fingerprint density at radius 1 is 0.964 bits per heavy atom. The molecule has 142 valence electrons. The van der Waals surface area contributed by atoms with Crippen molar-refractivity contribution in [2.24, 2.45) is 0 Å². The standard InChI is InChI=1S/C21H16F2N2O3/c22-13-4-1-3-12(7-13)20(27)24-15-9-17-18(19(26)10-15)11-25(21(17)28)16-6-2-5-14(23)8-16/h1-8,15H,9-11H2,(H,24,27). The Hall–Kier alpha value is -3.35. The number of carbonyl (C=O) groups excluding carboxylic acids is 3. The highest BCUT2D eigenvalue weighted by Crippen LogP contribution is 2.33. The van der Waals surface area contributed by atoms with Gasteiger partial charge < -0.3 is 10.2 Å². The molecule has 1 unspecified atom stereocenters. The van der Waals surface area contributed by atoms with E-state index < -0.39 is 23.6 Å². The molecular formula is C21H16F2N2O3. The van der Waals surface area contributed by atoms with Crippen LogP contribution in [0.3, 0.4) is 0 Å². The largest absolute Gasteiger partial charge is 0.349 e. The molecule has 1 aliphatic carbocycles. The van der Waals surface area contributed by atoms with Gasteiger partial charge in [0.05, 0.1) is 6.54 Å². The van der Waals surface area contributed by atoms with Crippen LogP contribution < -0.4 is 10.2 Å². The second-order valence-corrected chi connectivity index (χ2v) is 6.84. The van der Waals surface area contributed by atoms with E-state index in [1.54, 1.807) is 6.07 Å². The molecule has 7 heteroatoms. The van der Waals surface area contributed by atoms with Crippen LogP contribution in [0.25, 0.3) is 0 Å². The van der Waals surface area contributed by atoms with Crippen LogP contribution in [0.15, 0.2) is 59.7 Å². The zero-order valence-electron chi connectivity index (χ0n) is 14.7. The highest BCUT2D eigenvalue weighted by atomic mass is 19.1. The van der Waals surface area contributed by atoms with Gasteiger partial charge in [0.2, 0.25) is 0 Å². The van der Waals surface area contributed by atoms with Gasteiger partial charge in [0.1, 0.15) is 11.6 Å². The van der Waals surface area contributed by atoms with E-state index in [2.05, 4.69) is 5.32 Å². The first kappa shape index (κ1) is 18.0. The molecule has 0 aromatic heterocycles.